The minimum atomic E-state index is 0.538. The van der Waals surface area contributed by atoms with Crippen LogP contribution in [-0.2, 0) is 11.3 Å². The van der Waals surface area contributed by atoms with Gasteiger partial charge in [0.2, 0.25) is 0 Å². The van der Waals surface area contributed by atoms with Gasteiger partial charge in [0.25, 0.3) is 0 Å². The standard InChI is InChI=1S/C13H19N3O/c14-13(16-12-6-7-12)15-8-9-17-10-11-4-2-1-3-5-11/h1-5,12H,6-10H2,(H3,14,15,16). The van der Waals surface area contributed by atoms with Crippen LogP contribution in [0, 0.1) is 0 Å². The third kappa shape index (κ3) is 4.87. The van der Waals surface area contributed by atoms with Crippen LogP contribution in [0.15, 0.2) is 35.3 Å². The highest BCUT2D eigenvalue weighted by atomic mass is 16.5. The van der Waals surface area contributed by atoms with Gasteiger partial charge in [-0.1, -0.05) is 30.3 Å². The summed E-state index contributed by atoms with van der Waals surface area (Å²) in [5, 5.41) is 3.13. The number of guanidine groups is 1. The van der Waals surface area contributed by atoms with E-state index < -0.39 is 0 Å². The summed E-state index contributed by atoms with van der Waals surface area (Å²) in [6.45, 7) is 1.84. The van der Waals surface area contributed by atoms with E-state index in [0.717, 1.165) is 0 Å². The van der Waals surface area contributed by atoms with Gasteiger partial charge in [-0.2, -0.15) is 0 Å². The fraction of sp³-hybridized carbons (Fsp3) is 0.462. The van der Waals surface area contributed by atoms with Crippen molar-refractivity contribution >= 4 is 5.96 Å². The summed E-state index contributed by atoms with van der Waals surface area (Å²) in [6.07, 6.45) is 2.42. The summed E-state index contributed by atoms with van der Waals surface area (Å²) in [7, 11) is 0. The van der Waals surface area contributed by atoms with Gasteiger partial charge in [-0.15, -0.1) is 0 Å². The van der Waals surface area contributed by atoms with Gasteiger partial charge < -0.3 is 15.8 Å². The number of rotatable bonds is 6. The summed E-state index contributed by atoms with van der Waals surface area (Å²) in [6, 6.07) is 10.7. The number of nitrogens with one attached hydrogen (secondary N) is 1. The zero-order chi connectivity index (χ0) is 11.9. The molecule has 0 atom stereocenters. The van der Waals surface area contributed by atoms with Crippen molar-refractivity contribution in [3.05, 3.63) is 35.9 Å². The van der Waals surface area contributed by atoms with Crippen LogP contribution in [0.2, 0.25) is 0 Å². The Morgan fingerprint density at radius 2 is 2.12 bits per heavy atom. The Balaban J connectivity index is 1.56. The van der Waals surface area contributed by atoms with Crippen molar-refractivity contribution in [2.75, 3.05) is 13.2 Å². The third-order valence-electron chi connectivity index (χ3n) is 2.56. The molecule has 0 aliphatic heterocycles. The quantitative estimate of drug-likeness (QED) is 0.442. The molecule has 1 aromatic rings. The minimum absolute atomic E-state index is 0.538. The minimum Gasteiger partial charge on any atom is -0.375 e. The van der Waals surface area contributed by atoms with Crippen LogP contribution in [0.1, 0.15) is 18.4 Å². The van der Waals surface area contributed by atoms with E-state index in [9.17, 15) is 0 Å². The molecule has 4 heteroatoms. The Morgan fingerprint density at radius 3 is 2.82 bits per heavy atom. The van der Waals surface area contributed by atoms with E-state index in [1.165, 1.54) is 18.4 Å². The predicted octanol–water partition coefficient (Wildman–Crippen LogP) is 1.27. The molecule has 0 unspecified atom stereocenters. The number of aliphatic imine (C=N–C) groups is 1. The lowest BCUT2D eigenvalue weighted by molar-refractivity contribution is 0.128. The zero-order valence-corrected chi connectivity index (χ0v) is 9.93. The molecule has 17 heavy (non-hydrogen) atoms. The molecule has 0 heterocycles. The molecule has 0 saturated heterocycles. The Bertz CT molecular complexity index is 360. The van der Waals surface area contributed by atoms with Crippen LogP contribution < -0.4 is 11.1 Å². The van der Waals surface area contributed by atoms with E-state index in [1.54, 1.807) is 0 Å². The molecule has 1 aromatic carbocycles. The molecule has 1 saturated carbocycles. The van der Waals surface area contributed by atoms with Gasteiger partial charge in [0.05, 0.1) is 19.8 Å². The summed E-state index contributed by atoms with van der Waals surface area (Å²) in [4.78, 5) is 4.19. The smallest absolute Gasteiger partial charge is 0.188 e. The van der Waals surface area contributed by atoms with Crippen molar-refractivity contribution < 1.29 is 4.74 Å². The molecule has 0 aromatic heterocycles. The largest absolute Gasteiger partial charge is 0.375 e. The van der Waals surface area contributed by atoms with Crippen LogP contribution >= 0.6 is 0 Å². The van der Waals surface area contributed by atoms with Gasteiger partial charge in [-0.25, -0.2) is 0 Å². The number of benzene rings is 1. The first-order valence-electron chi connectivity index (χ1n) is 6.03. The van der Waals surface area contributed by atoms with Crippen molar-refractivity contribution in [2.24, 2.45) is 10.7 Å². The van der Waals surface area contributed by atoms with E-state index >= 15 is 0 Å². The number of ether oxygens (including phenoxy) is 1. The molecule has 3 N–H and O–H groups in total. The zero-order valence-electron chi connectivity index (χ0n) is 9.93. The molecular weight excluding hydrogens is 214 g/mol. The Kier molecular flexibility index (Phi) is 4.38. The van der Waals surface area contributed by atoms with Crippen molar-refractivity contribution in [1.82, 2.24) is 5.32 Å². The van der Waals surface area contributed by atoms with Gasteiger partial charge in [0, 0.05) is 6.04 Å². The third-order valence-corrected chi connectivity index (χ3v) is 2.56. The maximum absolute atomic E-state index is 5.69. The molecule has 92 valence electrons. The Labute approximate surface area is 102 Å². The molecule has 4 nitrogen and oxygen atoms in total. The van der Waals surface area contributed by atoms with Gasteiger partial charge >= 0.3 is 0 Å². The highest BCUT2D eigenvalue weighted by molar-refractivity contribution is 5.78. The Hall–Kier alpha value is -1.55. The average molecular weight is 233 g/mol. The number of hydrogen-bond donors (Lipinski definition) is 2. The SMILES string of the molecule is NC(=NCCOCc1ccccc1)NC1CC1. The summed E-state index contributed by atoms with van der Waals surface area (Å²) in [5.41, 5.74) is 6.87. The first-order chi connectivity index (χ1) is 8.34. The second-order valence-electron chi connectivity index (χ2n) is 4.22. The van der Waals surface area contributed by atoms with Crippen molar-refractivity contribution in [2.45, 2.75) is 25.5 Å². The van der Waals surface area contributed by atoms with Crippen molar-refractivity contribution in [3.8, 4) is 0 Å². The van der Waals surface area contributed by atoms with E-state index in [-0.39, 0.29) is 0 Å². The fourth-order valence-electron chi connectivity index (χ4n) is 1.48. The predicted molar refractivity (Wildman–Crippen MR) is 68.7 cm³/mol. The molecule has 0 amide bonds. The molecule has 1 aliphatic rings. The molecule has 1 aliphatic carbocycles. The van der Waals surface area contributed by atoms with E-state index in [0.29, 0.717) is 31.8 Å². The van der Waals surface area contributed by atoms with Crippen LogP contribution in [0.4, 0.5) is 0 Å². The average Bonchev–Trinajstić information content (AvgIpc) is 3.14. The molecule has 2 rings (SSSR count). The fourth-order valence-corrected chi connectivity index (χ4v) is 1.48. The van der Waals surface area contributed by atoms with Gasteiger partial charge in [-0.3, -0.25) is 4.99 Å². The lowest BCUT2D eigenvalue weighted by Crippen LogP contribution is -2.33. The molecular formula is C13H19N3O. The van der Waals surface area contributed by atoms with E-state index in [1.807, 2.05) is 30.3 Å². The monoisotopic (exact) mass is 233 g/mol. The first-order valence-corrected chi connectivity index (χ1v) is 6.03. The van der Waals surface area contributed by atoms with Gasteiger partial charge in [0.15, 0.2) is 5.96 Å². The molecule has 0 radical (unpaired) electrons. The maximum atomic E-state index is 5.69. The second-order valence-corrected chi connectivity index (χ2v) is 4.22. The topological polar surface area (TPSA) is 59.6 Å². The van der Waals surface area contributed by atoms with Gasteiger partial charge in [-0.05, 0) is 18.4 Å². The highest BCUT2D eigenvalue weighted by Gasteiger charge is 2.21. The van der Waals surface area contributed by atoms with Crippen LogP contribution in [0.25, 0.3) is 0 Å². The van der Waals surface area contributed by atoms with E-state index in [4.69, 9.17) is 10.5 Å². The molecule has 0 spiro atoms. The normalized spacial score (nSPS) is 15.9. The maximum Gasteiger partial charge on any atom is 0.188 e. The van der Waals surface area contributed by atoms with Crippen molar-refractivity contribution in [1.29, 1.82) is 0 Å². The van der Waals surface area contributed by atoms with Crippen LogP contribution in [0.3, 0.4) is 0 Å². The second kappa shape index (κ2) is 6.25. The van der Waals surface area contributed by atoms with Crippen LogP contribution in [-0.4, -0.2) is 25.2 Å². The Morgan fingerprint density at radius 1 is 1.35 bits per heavy atom. The summed E-state index contributed by atoms with van der Waals surface area (Å²) >= 11 is 0. The lowest BCUT2D eigenvalue weighted by atomic mass is 10.2. The van der Waals surface area contributed by atoms with E-state index in [2.05, 4.69) is 10.3 Å². The lowest BCUT2D eigenvalue weighted by Gasteiger charge is -2.04. The number of nitrogens with two attached hydrogens (primary N) is 1. The summed E-state index contributed by atoms with van der Waals surface area (Å²) < 4.78 is 5.50. The first kappa shape index (κ1) is 11.9. The van der Waals surface area contributed by atoms with Crippen LogP contribution in [0.5, 0.6) is 0 Å². The number of hydrogen-bond acceptors (Lipinski definition) is 2. The van der Waals surface area contributed by atoms with Gasteiger partial charge in [0.1, 0.15) is 0 Å². The summed E-state index contributed by atoms with van der Waals surface area (Å²) in [5.74, 6) is 0.538. The highest BCUT2D eigenvalue weighted by Crippen LogP contribution is 2.17. The molecule has 1 fully saturated rings. The number of nitrogens with zero attached hydrogens (tertiary/aromatic N) is 1. The van der Waals surface area contributed by atoms with Crippen molar-refractivity contribution in [3.63, 3.8) is 0 Å². The molecule has 0 bridgehead atoms.